The molecule has 0 bridgehead atoms. The summed E-state index contributed by atoms with van der Waals surface area (Å²) in [7, 11) is 0. The first kappa shape index (κ1) is 10.4. The van der Waals surface area contributed by atoms with Gasteiger partial charge in [0, 0.05) is 11.6 Å². The predicted octanol–water partition coefficient (Wildman–Crippen LogP) is 1.05. The molecule has 0 aliphatic carbocycles. The molecule has 0 aliphatic rings. The van der Waals surface area contributed by atoms with Crippen LogP contribution in [0.4, 0.5) is 0 Å². The normalized spacial score (nSPS) is 12.8. The average Bonchev–Trinajstić information content (AvgIpc) is 1.84. The van der Waals surface area contributed by atoms with Crippen LogP contribution in [-0.4, -0.2) is 22.0 Å². The minimum atomic E-state index is -1.13. The molecule has 0 saturated heterocycles. The highest BCUT2D eigenvalue weighted by Crippen LogP contribution is 1.99. The fraction of sp³-hybridized carbons (Fsp3) is 0.250. The van der Waals surface area contributed by atoms with Crippen molar-refractivity contribution in [1.82, 2.24) is 0 Å². The zero-order valence-corrected chi connectivity index (χ0v) is 6.87. The molecule has 12 heavy (non-hydrogen) atoms. The Hall–Kier alpha value is -1.58. The van der Waals surface area contributed by atoms with E-state index in [1.165, 1.54) is 13.8 Å². The first-order valence-corrected chi connectivity index (χ1v) is 3.26. The van der Waals surface area contributed by atoms with Crippen LogP contribution in [0.5, 0.6) is 0 Å². The first-order valence-electron chi connectivity index (χ1n) is 3.26. The van der Waals surface area contributed by atoms with Gasteiger partial charge in [0.15, 0.2) is 5.78 Å². The van der Waals surface area contributed by atoms with Gasteiger partial charge in [0.1, 0.15) is 5.76 Å². The Labute approximate surface area is 69.8 Å². The monoisotopic (exact) mass is 170 g/mol. The van der Waals surface area contributed by atoms with Gasteiger partial charge in [-0.1, -0.05) is 0 Å². The van der Waals surface area contributed by atoms with Gasteiger partial charge in [-0.25, -0.2) is 4.79 Å². The lowest BCUT2D eigenvalue weighted by molar-refractivity contribution is -0.132. The molecule has 0 rings (SSSR count). The van der Waals surface area contributed by atoms with Crippen LogP contribution >= 0.6 is 0 Å². The molecule has 0 aliphatic heterocycles. The van der Waals surface area contributed by atoms with Crippen LogP contribution in [0, 0.1) is 0 Å². The topological polar surface area (TPSA) is 74.6 Å². The number of carbonyl (C=O) groups is 2. The fourth-order valence-electron chi connectivity index (χ4n) is 0.533. The van der Waals surface area contributed by atoms with E-state index in [1.807, 2.05) is 0 Å². The molecule has 66 valence electrons. The number of hydrogen-bond donors (Lipinski definition) is 2. The van der Waals surface area contributed by atoms with Crippen molar-refractivity contribution in [2.24, 2.45) is 0 Å². The summed E-state index contributed by atoms with van der Waals surface area (Å²) in [4.78, 5) is 20.6. The van der Waals surface area contributed by atoms with Gasteiger partial charge >= 0.3 is 5.97 Å². The summed E-state index contributed by atoms with van der Waals surface area (Å²) < 4.78 is 0. The van der Waals surface area contributed by atoms with Crippen molar-refractivity contribution in [2.45, 2.75) is 13.8 Å². The SMILES string of the molecule is CC(=O)/C=C(O)\C=C(/C)C(=O)O. The van der Waals surface area contributed by atoms with E-state index in [-0.39, 0.29) is 17.1 Å². The molecule has 0 fully saturated rings. The first-order chi connectivity index (χ1) is 5.43. The lowest BCUT2D eigenvalue weighted by Gasteiger charge is -1.92. The molecule has 0 aromatic rings. The van der Waals surface area contributed by atoms with Gasteiger partial charge in [-0.2, -0.15) is 0 Å². The quantitative estimate of drug-likeness (QED) is 0.377. The summed E-state index contributed by atoms with van der Waals surface area (Å²) in [6.45, 7) is 2.59. The standard InChI is InChI=1S/C8H10O4/c1-5(8(11)12)3-7(10)4-6(2)9/h3-4,10H,1-2H3,(H,11,12)/b5-3+,7-4+. The van der Waals surface area contributed by atoms with Gasteiger partial charge in [0.05, 0.1) is 0 Å². The lowest BCUT2D eigenvalue weighted by Crippen LogP contribution is -1.97. The summed E-state index contributed by atoms with van der Waals surface area (Å²) in [6.07, 6.45) is 1.97. The lowest BCUT2D eigenvalue weighted by atomic mass is 10.2. The van der Waals surface area contributed by atoms with Gasteiger partial charge in [-0.15, -0.1) is 0 Å². The average molecular weight is 170 g/mol. The van der Waals surface area contributed by atoms with Crippen molar-refractivity contribution < 1.29 is 19.8 Å². The van der Waals surface area contributed by atoms with Crippen molar-refractivity contribution in [3.8, 4) is 0 Å². The number of allylic oxidation sites excluding steroid dienone is 2. The number of hydrogen-bond acceptors (Lipinski definition) is 3. The highest BCUT2D eigenvalue weighted by molar-refractivity contribution is 5.89. The molecule has 0 unspecified atom stereocenters. The number of carboxylic acid groups (broad SMARTS) is 1. The van der Waals surface area contributed by atoms with E-state index in [9.17, 15) is 9.59 Å². The summed E-state index contributed by atoms with van der Waals surface area (Å²) in [5.41, 5.74) is -0.0231. The molecule has 0 saturated carbocycles. The van der Waals surface area contributed by atoms with E-state index in [1.54, 1.807) is 0 Å². The largest absolute Gasteiger partial charge is 0.508 e. The van der Waals surface area contributed by atoms with Crippen molar-refractivity contribution in [3.05, 3.63) is 23.5 Å². The summed E-state index contributed by atoms with van der Waals surface area (Å²) in [5, 5.41) is 17.3. The molecule has 0 spiro atoms. The molecule has 0 aromatic carbocycles. The molecule has 2 N–H and O–H groups in total. The smallest absolute Gasteiger partial charge is 0.331 e. The summed E-state index contributed by atoms with van der Waals surface area (Å²) >= 11 is 0. The number of aliphatic hydroxyl groups is 1. The van der Waals surface area contributed by atoms with Crippen LogP contribution in [0.25, 0.3) is 0 Å². The van der Waals surface area contributed by atoms with Crippen LogP contribution < -0.4 is 0 Å². The molecule has 0 amide bonds. The highest BCUT2D eigenvalue weighted by atomic mass is 16.4. The Morgan fingerprint density at radius 3 is 1.92 bits per heavy atom. The third-order valence-electron chi connectivity index (χ3n) is 1.05. The van der Waals surface area contributed by atoms with Crippen LogP contribution in [0.15, 0.2) is 23.5 Å². The van der Waals surface area contributed by atoms with Crippen molar-refractivity contribution in [3.63, 3.8) is 0 Å². The molecule has 4 nitrogen and oxygen atoms in total. The van der Waals surface area contributed by atoms with E-state index in [0.717, 1.165) is 12.2 Å². The Morgan fingerprint density at radius 2 is 1.58 bits per heavy atom. The van der Waals surface area contributed by atoms with E-state index in [2.05, 4.69) is 0 Å². The van der Waals surface area contributed by atoms with Crippen molar-refractivity contribution >= 4 is 11.8 Å². The van der Waals surface area contributed by atoms with Gasteiger partial charge in [-0.05, 0) is 19.9 Å². The maximum absolute atomic E-state index is 10.4. The number of carbonyl (C=O) groups excluding carboxylic acids is 1. The summed E-state index contributed by atoms with van der Waals surface area (Å²) in [6, 6.07) is 0. The second-order valence-corrected chi connectivity index (χ2v) is 2.31. The molecule has 0 aromatic heterocycles. The Morgan fingerprint density at radius 1 is 1.08 bits per heavy atom. The molecule has 0 radical (unpaired) electrons. The van der Waals surface area contributed by atoms with E-state index in [4.69, 9.17) is 10.2 Å². The number of aliphatic hydroxyl groups excluding tert-OH is 1. The van der Waals surface area contributed by atoms with Crippen molar-refractivity contribution in [1.29, 1.82) is 0 Å². The van der Waals surface area contributed by atoms with Gasteiger partial charge in [0.2, 0.25) is 0 Å². The van der Waals surface area contributed by atoms with Crippen LogP contribution in [0.3, 0.4) is 0 Å². The minimum Gasteiger partial charge on any atom is -0.508 e. The van der Waals surface area contributed by atoms with Gasteiger partial charge in [-0.3, -0.25) is 4.79 Å². The number of ketones is 1. The van der Waals surface area contributed by atoms with Crippen LogP contribution in [-0.2, 0) is 9.59 Å². The van der Waals surface area contributed by atoms with Crippen LogP contribution in [0.2, 0.25) is 0 Å². The zero-order valence-electron chi connectivity index (χ0n) is 6.87. The number of aliphatic carboxylic acids is 1. The minimum absolute atomic E-state index is 0.0231. The number of rotatable bonds is 3. The highest BCUT2D eigenvalue weighted by Gasteiger charge is 2.00. The molecule has 0 atom stereocenters. The maximum Gasteiger partial charge on any atom is 0.331 e. The molecule has 0 heterocycles. The number of carboxylic acids is 1. The molecule has 4 heteroatoms. The van der Waals surface area contributed by atoms with Crippen LogP contribution in [0.1, 0.15) is 13.8 Å². The second-order valence-electron chi connectivity index (χ2n) is 2.31. The molecular formula is C8H10O4. The van der Waals surface area contributed by atoms with E-state index < -0.39 is 5.97 Å². The van der Waals surface area contributed by atoms with Gasteiger partial charge < -0.3 is 10.2 Å². The van der Waals surface area contributed by atoms with E-state index in [0.29, 0.717) is 0 Å². The molecular weight excluding hydrogens is 160 g/mol. The Kier molecular flexibility index (Phi) is 3.76. The zero-order chi connectivity index (χ0) is 9.72. The summed E-state index contributed by atoms with van der Waals surface area (Å²) in [5.74, 6) is -1.80. The third kappa shape index (κ3) is 4.27. The third-order valence-corrected chi connectivity index (χ3v) is 1.05. The van der Waals surface area contributed by atoms with Crippen molar-refractivity contribution in [2.75, 3.05) is 0 Å². The predicted molar refractivity (Wildman–Crippen MR) is 42.8 cm³/mol. The maximum atomic E-state index is 10.4. The fourth-order valence-corrected chi connectivity index (χ4v) is 0.533. The van der Waals surface area contributed by atoms with E-state index >= 15 is 0 Å². The van der Waals surface area contributed by atoms with Gasteiger partial charge in [0.25, 0.3) is 0 Å². The Bertz CT molecular complexity index is 260. The second kappa shape index (κ2) is 4.33. The Balaban J connectivity index is 4.54.